The Kier molecular flexibility index (Phi) is 8.76. The predicted molar refractivity (Wildman–Crippen MR) is 124 cm³/mol. The third kappa shape index (κ3) is 7.23. The monoisotopic (exact) mass is 444 g/mol. The number of carbonyl (C=O) groups excluding carboxylic acids is 1. The number of nitrogens with zero attached hydrogens (tertiary/aromatic N) is 2. The SMILES string of the molecule is COc1cccc([C@H](CN2CCN(C(=O)CC(C)C)CC2)OCc2cccc(Cl)c2)c1. The summed E-state index contributed by atoms with van der Waals surface area (Å²) in [6, 6.07) is 15.8. The molecule has 0 saturated carbocycles. The van der Waals surface area contributed by atoms with Crippen LogP contribution in [0.25, 0.3) is 0 Å². The molecular formula is C25H33ClN2O3. The Labute approximate surface area is 190 Å². The van der Waals surface area contributed by atoms with Gasteiger partial charge in [-0.05, 0) is 41.3 Å². The van der Waals surface area contributed by atoms with E-state index in [1.54, 1.807) is 7.11 Å². The zero-order valence-electron chi connectivity index (χ0n) is 18.7. The molecule has 1 atom stereocenters. The van der Waals surface area contributed by atoms with Crippen LogP contribution < -0.4 is 4.74 Å². The van der Waals surface area contributed by atoms with Gasteiger partial charge in [-0.3, -0.25) is 9.69 Å². The molecule has 2 aromatic rings. The molecule has 1 aliphatic rings. The van der Waals surface area contributed by atoms with Crippen LogP contribution in [0.2, 0.25) is 5.02 Å². The number of ether oxygens (including phenoxy) is 2. The largest absolute Gasteiger partial charge is 0.497 e. The van der Waals surface area contributed by atoms with Gasteiger partial charge in [0.15, 0.2) is 0 Å². The van der Waals surface area contributed by atoms with E-state index in [9.17, 15) is 4.79 Å². The van der Waals surface area contributed by atoms with Gasteiger partial charge in [-0.2, -0.15) is 0 Å². The zero-order valence-corrected chi connectivity index (χ0v) is 19.5. The van der Waals surface area contributed by atoms with Crippen LogP contribution in [0, 0.1) is 5.92 Å². The van der Waals surface area contributed by atoms with Crippen molar-refractivity contribution < 1.29 is 14.3 Å². The molecule has 6 heteroatoms. The molecule has 31 heavy (non-hydrogen) atoms. The first-order valence-electron chi connectivity index (χ1n) is 10.9. The Morgan fingerprint density at radius 3 is 2.48 bits per heavy atom. The number of piperazine rings is 1. The summed E-state index contributed by atoms with van der Waals surface area (Å²) >= 11 is 6.13. The number of methoxy groups -OCH3 is 1. The maximum atomic E-state index is 12.4. The summed E-state index contributed by atoms with van der Waals surface area (Å²) in [5.74, 6) is 1.47. The van der Waals surface area contributed by atoms with Gasteiger partial charge in [0, 0.05) is 44.2 Å². The van der Waals surface area contributed by atoms with Crippen LogP contribution in [0.3, 0.4) is 0 Å². The first kappa shape index (κ1) is 23.6. The Morgan fingerprint density at radius 2 is 1.81 bits per heavy atom. The molecule has 3 rings (SSSR count). The Morgan fingerprint density at radius 1 is 1.06 bits per heavy atom. The van der Waals surface area contributed by atoms with Gasteiger partial charge in [0.2, 0.25) is 5.91 Å². The van der Waals surface area contributed by atoms with Crippen molar-refractivity contribution in [1.29, 1.82) is 0 Å². The molecule has 1 saturated heterocycles. The van der Waals surface area contributed by atoms with Crippen molar-refractivity contribution >= 4 is 17.5 Å². The smallest absolute Gasteiger partial charge is 0.222 e. The van der Waals surface area contributed by atoms with Crippen LogP contribution in [-0.2, 0) is 16.1 Å². The van der Waals surface area contributed by atoms with Crippen LogP contribution >= 0.6 is 11.6 Å². The van der Waals surface area contributed by atoms with Gasteiger partial charge in [0.25, 0.3) is 0 Å². The number of hydrogen-bond donors (Lipinski definition) is 0. The second kappa shape index (κ2) is 11.5. The number of halogens is 1. The Balaban J connectivity index is 1.65. The number of carbonyl (C=O) groups is 1. The van der Waals surface area contributed by atoms with Crippen molar-refractivity contribution in [3.05, 3.63) is 64.7 Å². The average molecular weight is 445 g/mol. The lowest BCUT2D eigenvalue weighted by molar-refractivity contribution is -0.134. The molecular weight excluding hydrogens is 412 g/mol. The highest BCUT2D eigenvalue weighted by atomic mass is 35.5. The Hall–Kier alpha value is -2.08. The standard InChI is InChI=1S/C25H33ClN2O3/c1-19(2)14-25(29)28-12-10-27(11-13-28)17-24(21-7-5-9-23(16-21)30-3)31-18-20-6-4-8-22(26)15-20/h4-9,15-16,19,24H,10-14,17-18H2,1-3H3/t24-/m0/s1. The number of hydrogen-bond acceptors (Lipinski definition) is 4. The predicted octanol–water partition coefficient (Wildman–Crippen LogP) is 4.80. The fraction of sp³-hybridized carbons (Fsp3) is 0.480. The van der Waals surface area contributed by atoms with Crippen molar-refractivity contribution in [3.8, 4) is 5.75 Å². The van der Waals surface area contributed by atoms with Crippen molar-refractivity contribution in [2.45, 2.75) is 33.0 Å². The number of rotatable bonds is 9. The Bertz CT molecular complexity index is 850. The molecule has 0 aromatic heterocycles. The third-order valence-corrected chi connectivity index (χ3v) is 5.77. The molecule has 1 heterocycles. The van der Waals surface area contributed by atoms with Crippen molar-refractivity contribution in [1.82, 2.24) is 9.80 Å². The lowest BCUT2D eigenvalue weighted by Gasteiger charge is -2.36. The van der Waals surface area contributed by atoms with Crippen LogP contribution in [0.1, 0.15) is 37.5 Å². The zero-order chi connectivity index (χ0) is 22.2. The van der Waals surface area contributed by atoms with E-state index < -0.39 is 0 Å². The lowest BCUT2D eigenvalue weighted by Crippen LogP contribution is -2.49. The molecule has 0 N–H and O–H groups in total. The molecule has 1 fully saturated rings. The molecule has 0 aliphatic carbocycles. The highest BCUT2D eigenvalue weighted by Crippen LogP contribution is 2.25. The first-order valence-corrected chi connectivity index (χ1v) is 11.3. The van der Waals surface area contributed by atoms with Gasteiger partial charge in [-0.15, -0.1) is 0 Å². The highest BCUT2D eigenvalue weighted by molar-refractivity contribution is 6.30. The molecule has 0 bridgehead atoms. The van der Waals surface area contributed by atoms with E-state index in [0.717, 1.165) is 49.6 Å². The normalized spacial score (nSPS) is 15.8. The fourth-order valence-electron chi connectivity index (χ4n) is 3.81. The summed E-state index contributed by atoms with van der Waals surface area (Å²) < 4.78 is 11.8. The first-order chi connectivity index (χ1) is 14.9. The van der Waals surface area contributed by atoms with Crippen LogP contribution in [0.4, 0.5) is 0 Å². The topological polar surface area (TPSA) is 42.0 Å². The minimum Gasteiger partial charge on any atom is -0.497 e. The van der Waals surface area contributed by atoms with Crippen LogP contribution in [-0.4, -0.2) is 55.5 Å². The van der Waals surface area contributed by atoms with Crippen molar-refractivity contribution in [3.63, 3.8) is 0 Å². The van der Waals surface area contributed by atoms with E-state index >= 15 is 0 Å². The second-order valence-electron chi connectivity index (χ2n) is 8.49. The highest BCUT2D eigenvalue weighted by Gasteiger charge is 2.24. The van der Waals surface area contributed by atoms with E-state index in [0.29, 0.717) is 24.0 Å². The molecule has 2 aromatic carbocycles. The quantitative estimate of drug-likeness (QED) is 0.557. The second-order valence-corrected chi connectivity index (χ2v) is 8.92. The average Bonchev–Trinajstić information content (AvgIpc) is 2.76. The minimum absolute atomic E-state index is 0.105. The summed E-state index contributed by atoms with van der Waals surface area (Å²) in [5.41, 5.74) is 2.13. The number of amides is 1. The van der Waals surface area contributed by atoms with E-state index in [-0.39, 0.29) is 12.0 Å². The molecule has 0 unspecified atom stereocenters. The number of benzene rings is 2. The summed E-state index contributed by atoms with van der Waals surface area (Å²) in [5, 5.41) is 0.709. The molecule has 5 nitrogen and oxygen atoms in total. The van der Waals surface area contributed by atoms with Gasteiger partial charge in [0.1, 0.15) is 5.75 Å². The van der Waals surface area contributed by atoms with E-state index in [1.807, 2.05) is 47.4 Å². The molecule has 1 aliphatic heterocycles. The minimum atomic E-state index is -0.105. The van der Waals surface area contributed by atoms with Gasteiger partial charge in [-0.25, -0.2) is 0 Å². The maximum absolute atomic E-state index is 12.4. The van der Waals surface area contributed by atoms with Crippen molar-refractivity contribution in [2.75, 3.05) is 39.8 Å². The van der Waals surface area contributed by atoms with E-state index in [1.165, 1.54) is 0 Å². The van der Waals surface area contributed by atoms with Gasteiger partial charge >= 0.3 is 0 Å². The van der Waals surface area contributed by atoms with Gasteiger partial charge < -0.3 is 14.4 Å². The summed E-state index contributed by atoms with van der Waals surface area (Å²) in [7, 11) is 1.67. The third-order valence-electron chi connectivity index (χ3n) is 5.54. The molecule has 0 radical (unpaired) electrons. The van der Waals surface area contributed by atoms with Crippen molar-refractivity contribution in [2.24, 2.45) is 5.92 Å². The van der Waals surface area contributed by atoms with Gasteiger partial charge in [-0.1, -0.05) is 49.7 Å². The molecule has 1 amide bonds. The van der Waals surface area contributed by atoms with Gasteiger partial charge in [0.05, 0.1) is 19.8 Å². The summed E-state index contributed by atoms with van der Waals surface area (Å²) in [4.78, 5) is 16.7. The lowest BCUT2D eigenvalue weighted by atomic mass is 10.1. The van der Waals surface area contributed by atoms with E-state index in [2.05, 4.69) is 24.8 Å². The van der Waals surface area contributed by atoms with Crippen LogP contribution in [0.5, 0.6) is 5.75 Å². The maximum Gasteiger partial charge on any atom is 0.222 e. The molecule has 0 spiro atoms. The molecule has 168 valence electrons. The van der Waals surface area contributed by atoms with E-state index in [4.69, 9.17) is 21.1 Å². The van der Waals surface area contributed by atoms with Crippen LogP contribution in [0.15, 0.2) is 48.5 Å². The summed E-state index contributed by atoms with van der Waals surface area (Å²) in [6.45, 7) is 8.66. The summed E-state index contributed by atoms with van der Waals surface area (Å²) in [6.07, 6.45) is 0.516. The fourth-order valence-corrected chi connectivity index (χ4v) is 4.03.